The third kappa shape index (κ3) is 3.04. The van der Waals surface area contributed by atoms with E-state index < -0.39 is 0 Å². The first-order valence-corrected chi connectivity index (χ1v) is 7.99. The third-order valence-corrected chi connectivity index (χ3v) is 4.65. The highest BCUT2D eigenvalue weighted by Gasteiger charge is 2.35. The second-order valence-corrected chi connectivity index (χ2v) is 6.31. The number of likely N-dealkylation sites (tertiary alicyclic amines) is 1. The first kappa shape index (κ1) is 16.2. The standard InChI is InChI=1S/C16H22N6O2/c1-10-13(8-18-20-10)16(24)17-6-11-4-5-14(23)22(3)15(11)12-7-19-21(2)9-12/h7-9,11,15H,4-6H2,1-3H3,(H,17,24)(H,18,20)/t11-,15+/m1/s1. The molecule has 1 aliphatic rings. The fourth-order valence-electron chi connectivity index (χ4n) is 3.32. The number of rotatable bonds is 4. The van der Waals surface area contributed by atoms with Gasteiger partial charge in [0.1, 0.15) is 0 Å². The summed E-state index contributed by atoms with van der Waals surface area (Å²) >= 11 is 0. The Balaban J connectivity index is 1.74. The fourth-order valence-corrected chi connectivity index (χ4v) is 3.32. The molecule has 1 aliphatic heterocycles. The van der Waals surface area contributed by atoms with Crippen LogP contribution in [-0.4, -0.2) is 50.3 Å². The summed E-state index contributed by atoms with van der Waals surface area (Å²) in [4.78, 5) is 26.2. The van der Waals surface area contributed by atoms with Gasteiger partial charge in [0, 0.05) is 50.4 Å². The van der Waals surface area contributed by atoms with Crippen LogP contribution in [0, 0.1) is 12.8 Å². The number of amides is 2. The Hall–Kier alpha value is -2.64. The molecule has 3 heterocycles. The second kappa shape index (κ2) is 6.46. The highest BCUT2D eigenvalue weighted by atomic mass is 16.2. The second-order valence-electron chi connectivity index (χ2n) is 6.31. The summed E-state index contributed by atoms with van der Waals surface area (Å²) < 4.78 is 1.73. The van der Waals surface area contributed by atoms with Gasteiger partial charge >= 0.3 is 0 Å². The lowest BCUT2D eigenvalue weighted by molar-refractivity contribution is -0.136. The minimum Gasteiger partial charge on any atom is -0.352 e. The largest absolute Gasteiger partial charge is 0.352 e. The molecule has 2 N–H and O–H groups in total. The van der Waals surface area contributed by atoms with E-state index >= 15 is 0 Å². The Morgan fingerprint density at radius 3 is 2.83 bits per heavy atom. The van der Waals surface area contributed by atoms with E-state index in [1.54, 1.807) is 15.8 Å². The van der Waals surface area contributed by atoms with E-state index in [0.717, 1.165) is 17.7 Å². The average Bonchev–Trinajstić information content (AvgIpc) is 3.16. The van der Waals surface area contributed by atoms with Gasteiger partial charge < -0.3 is 10.2 Å². The molecule has 0 bridgehead atoms. The molecular formula is C16H22N6O2. The maximum absolute atomic E-state index is 12.3. The zero-order valence-electron chi connectivity index (χ0n) is 14.1. The van der Waals surface area contributed by atoms with Crippen LogP contribution in [-0.2, 0) is 11.8 Å². The molecule has 0 aromatic carbocycles. The van der Waals surface area contributed by atoms with Crippen LogP contribution in [0.3, 0.4) is 0 Å². The van der Waals surface area contributed by atoms with Crippen LogP contribution in [0.15, 0.2) is 18.6 Å². The molecule has 2 atom stereocenters. The first-order valence-electron chi connectivity index (χ1n) is 7.99. The van der Waals surface area contributed by atoms with Crippen LogP contribution in [0.25, 0.3) is 0 Å². The number of piperidine rings is 1. The van der Waals surface area contributed by atoms with E-state index in [-0.39, 0.29) is 23.8 Å². The molecule has 0 unspecified atom stereocenters. The summed E-state index contributed by atoms with van der Waals surface area (Å²) in [5.74, 6) is 0.121. The smallest absolute Gasteiger partial charge is 0.254 e. The highest BCUT2D eigenvalue weighted by molar-refractivity contribution is 5.94. The number of carbonyl (C=O) groups excluding carboxylic acids is 2. The molecule has 24 heavy (non-hydrogen) atoms. The lowest BCUT2D eigenvalue weighted by Gasteiger charge is -2.38. The monoisotopic (exact) mass is 330 g/mol. The predicted octanol–water partition coefficient (Wildman–Crippen LogP) is 0.791. The summed E-state index contributed by atoms with van der Waals surface area (Å²) in [6, 6.07) is -0.0781. The van der Waals surface area contributed by atoms with Crippen molar-refractivity contribution in [1.82, 2.24) is 30.2 Å². The van der Waals surface area contributed by atoms with Crippen molar-refractivity contribution >= 4 is 11.8 Å². The van der Waals surface area contributed by atoms with Crippen molar-refractivity contribution in [2.24, 2.45) is 13.0 Å². The van der Waals surface area contributed by atoms with Gasteiger partial charge in [-0.3, -0.25) is 19.4 Å². The highest BCUT2D eigenvalue weighted by Crippen LogP contribution is 2.35. The van der Waals surface area contributed by atoms with Crippen molar-refractivity contribution < 1.29 is 9.59 Å². The van der Waals surface area contributed by atoms with Crippen molar-refractivity contribution in [2.75, 3.05) is 13.6 Å². The summed E-state index contributed by atoms with van der Waals surface area (Å²) in [6.45, 7) is 2.31. The number of nitrogens with zero attached hydrogens (tertiary/aromatic N) is 4. The van der Waals surface area contributed by atoms with Gasteiger partial charge in [-0.05, 0) is 13.3 Å². The van der Waals surface area contributed by atoms with Crippen LogP contribution >= 0.6 is 0 Å². The average molecular weight is 330 g/mol. The van der Waals surface area contributed by atoms with Gasteiger partial charge in [-0.1, -0.05) is 0 Å². The van der Waals surface area contributed by atoms with Crippen LogP contribution in [0.4, 0.5) is 0 Å². The normalized spacial score (nSPS) is 21.1. The minimum atomic E-state index is -0.147. The van der Waals surface area contributed by atoms with Crippen molar-refractivity contribution in [3.05, 3.63) is 35.4 Å². The number of aromatic nitrogens is 4. The van der Waals surface area contributed by atoms with Gasteiger partial charge in [-0.2, -0.15) is 10.2 Å². The van der Waals surface area contributed by atoms with Crippen molar-refractivity contribution in [1.29, 1.82) is 0 Å². The summed E-state index contributed by atoms with van der Waals surface area (Å²) in [5.41, 5.74) is 2.28. The van der Waals surface area contributed by atoms with Gasteiger partial charge in [-0.15, -0.1) is 0 Å². The molecule has 2 aromatic rings. The number of hydrogen-bond donors (Lipinski definition) is 2. The van der Waals surface area contributed by atoms with Gasteiger partial charge in [0.15, 0.2) is 0 Å². The zero-order valence-corrected chi connectivity index (χ0v) is 14.1. The van der Waals surface area contributed by atoms with Gasteiger partial charge in [-0.25, -0.2) is 0 Å². The Bertz CT molecular complexity index is 749. The molecule has 8 heteroatoms. The molecule has 3 rings (SSSR count). The number of hydrogen-bond acceptors (Lipinski definition) is 4. The van der Waals surface area contributed by atoms with E-state index in [1.807, 2.05) is 27.2 Å². The lowest BCUT2D eigenvalue weighted by atomic mass is 9.85. The number of aromatic amines is 1. The SMILES string of the molecule is Cc1[nH]ncc1C(=O)NC[C@H]1CCC(=O)N(C)[C@@H]1c1cnn(C)c1. The summed E-state index contributed by atoms with van der Waals surface area (Å²) in [7, 11) is 3.67. The first-order chi connectivity index (χ1) is 11.5. The van der Waals surface area contributed by atoms with E-state index in [4.69, 9.17) is 0 Å². The molecule has 0 radical (unpaired) electrons. The summed E-state index contributed by atoms with van der Waals surface area (Å²) in [5, 5.41) is 13.8. The molecule has 2 amide bonds. The molecule has 8 nitrogen and oxygen atoms in total. The maximum atomic E-state index is 12.3. The van der Waals surface area contributed by atoms with E-state index in [9.17, 15) is 9.59 Å². The molecule has 0 saturated carbocycles. The van der Waals surface area contributed by atoms with Crippen molar-refractivity contribution in [2.45, 2.75) is 25.8 Å². The number of carbonyl (C=O) groups is 2. The molecule has 1 saturated heterocycles. The molecule has 1 fully saturated rings. The zero-order chi connectivity index (χ0) is 17.3. The fraction of sp³-hybridized carbons (Fsp3) is 0.500. The van der Waals surface area contributed by atoms with Crippen LogP contribution in [0.2, 0.25) is 0 Å². The van der Waals surface area contributed by atoms with Gasteiger partial charge in [0.25, 0.3) is 5.91 Å². The van der Waals surface area contributed by atoms with Crippen molar-refractivity contribution in [3.8, 4) is 0 Å². The number of H-pyrrole nitrogens is 1. The molecule has 0 aliphatic carbocycles. The molecule has 128 valence electrons. The Kier molecular flexibility index (Phi) is 4.37. The topological polar surface area (TPSA) is 95.9 Å². The van der Waals surface area contributed by atoms with E-state index in [1.165, 1.54) is 6.20 Å². The van der Waals surface area contributed by atoms with Crippen LogP contribution in [0.5, 0.6) is 0 Å². The summed E-state index contributed by atoms with van der Waals surface area (Å²) in [6.07, 6.45) is 6.48. The van der Waals surface area contributed by atoms with Crippen LogP contribution < -0.4 is 5.32 Å². The molecule has 0 spiro atoms. The van der Waals surface area contributed by atoms with Gasteiger partial charge in [0.05, 0.1) is 24.0 Å². The quantitative estimate of drug-likeness (QED) is 0.866. The van der Waals surface area contributed by atoms with Crippen molar-refractivity contribution in [3.63, 3.8) is 0 Å². The van der Waals surface area contributed by atoms with Gasteiger partial charge in [0.2, 0.25) is 5.91 Å². The predicted molar refractivity (Wildman–Crippen MR) is 87.1 cm³/mol. The Labute approximate surface area is 140 Å². The number of nitrogens with one attached hydrogen (secondary N) is 2. The van der Waals surface area contributed by atoms with E-state index in [2.05, 4.69) is 20.6 Å². The third-order valence-electron chi connectivity index (χ3n) is 4.65. The molecular weight excluding hydrogens is 308 g/mol. The van der Waals surface area contributed by atoms with E-state index in [0.29, 0.717) is 18.5 Å². The Morgan fingerprint density at radius 2 is 2.21 bits per heavy atom. The Morgan fingerprint density at radius 1 is 1.42 bits per heavy atom. The minimum absolute atomic E-state index is 0.0781. The maximum Gasteiger partial charge on any atom is 0.254 e. The number of aryl methyl sites for hydroxylation is 2. The molecule has 2 aromatic heterocycles. The lowest BCUT2D eigenvalue weighted by Crippen LogP contribution is -2.44. The van der Waals surface area contributed by atoms with Crippen LogP contribution in [0.1, 0.15) is 40.5 Å².